The zero-order valence-electron chi connectivity index (χ0n) is 18.7. The largest absolute Gasteiger partial charge is 0.352 e. The molecule has 0 saturated heterocycles. The highest BCUT2D eigenvalue weighted by atomic mass is 35.5. The van der Waals surface area contributed by atoms with E-state index in [1.165, 1.54) is 11.8 Å². The molecule has 0 radical (unpaired) electrons. The summed E-state index contributed by atoms with van der Waals surface area (Å²) in [6.45, 7) is 4.12. The molecule has 1 heterocycles. The van der Waals surface area contributed by atoms with E-state index in [9.17, 15) is 14.9 Å². The van der Waals surface area contributed by atoms with Crippen molar-refractivity contribution in [3.05, 3.63) is 86.0 Å². The first-order valence-electron chi connectivity index (χ1n) is 10.8. The molecule has 0 aromatic heterocycles. The molecule has 2 aliphatic rings. The molecule has 5 nitrogen and oxygen atoms in total. The number of carbonyl (C=O) groups is 2. The topological polar surface area (TPSA) is 82.0 Å². The van der Waals surface area contributed by atoms with Gasteiger partial charge in [0.05, 0.1) is 28.3 Å². The van der Waals surface area contributed by atoms with Gasteiger partial charge in [-0.05, 0) is 47.7 Å². The SMILES string of the molecule is CC1(C)CC(=O)C2=C(C1)NC(SCC(=O)Nc1cccc(Cl)c1)=C(C#N)[C@@H]2c1ccc(Cl)cc1. The van der Waals surface area contributed by atoms with Gasteiger partial charge < -0.3 is 10.6 Å². The molecule has 0 spiro atoms. The molecule has 1 aliphatic heterocycles. The van der Waals surface area contributed by atoms with Crippen molar-refractivity contribution in [3.63, 3.8) is 0 Å². The number of ketones is 1. The number of nitriles is 1. The second-order valence-corrected chi connectivity index (χ2v) is 11.0. The van der Waals surface area contributed by atoms with Crippen molar-refractivity contribution in [1.29, 1.82) is 5.26 Å². The fourth-order valence-corrected chi connectivity index (χ4v) is 5.56. The fraction of sp³-hybridized carbons (Fsp3) is 0.269. The van der Waals surface area contributed by atoms with Gasteiger partial charge in [0.15, 0.2) is 5.78 Å². The predicted molar refractivity (Wildman–Crippen MR) is 138 cm³/mol. The third-order valence-electron chi connectivity index (χ3n) is 5.79. The van der Waals surface area contributed by atoms with E-state index in [1.807, 2.05) is 12.1 Å². The summed E-state index contributed by atoms with van der Waals surface area (Å²) in [5, 5.41) is 18.0. The Morgan fingerprint density at radius 1 is 1.18 bits per heavy atom. The minimum Gasteiger partial charge on any atom is -0.352 e. The lowest BCUT2D eigenvalue weighted by molar-refractivity contribution is -0.118. The van der Waals surface area contributed by atoms with E-state index in [2.05, 4.69) is 30.6 Å². The van der Waals surface area contributed by atoms with Crippen molar-refractivity contribution >= 4 is 52.3 Å². The Balaban J connectivity index is 1.65. The van der Waals surface area contributed by atoms with Gasteiger partial charge >= 0.3 is 0 Å². The van der Waals surface area contributed by atoms with E-state index < -0.39 is 5.92 Å². The van der Waals surface area contributed by atoms with E-state index in [-0.39, 0.29) is 22.9 Å². The molecule has 34 heavy (non-hydrogen) atoms. The lowest BCUT2D eigenvalue weighted by Gasteiger charge is -2.39. The number of Topliss-reactive ketones (excluding diaryl/α,β-unsaturated/α-hetero) is 1. The lowest BCUT2D eigenvalue weighted by atomic mass is 9.69. The molecule has 8 heteroatoms. The van der Waals surface area contributed by atoms with Crippen LogP contribution in [0.3, 0.4) is 0 Å². The number of nitrogens with zero attached hydrogens (tertiary/aromatic N) is 1. The van der Waals surface area contributed by atoms with E-state index in [4.69, 9.17) is 23.2 Å². The third kappa shape index (κ3) is 5.33. The Morgan fingerprint density at radius 2 is 1.91 bits per heavy atom. The zero-order chi connectivity index (χ0) is 24.5. The van der Waals surface area contributed by atoms with Crippen LogP contribution in [0.25, 0.3) is 0 Å². The van der Waals surface area contributed by atoms with Crippen molar-refractivity contribution in [1.82, 2.24) is 5.32 Å². The summed E-state index contributed by atoms with van der Waals surface area (Å²) in [6, 6.07) is 16.4. The highest BCUT2D eigenvalue weighted by molar-refractivity contribution is 8.03. The number of halogens is 2. The van der Waals surface area contributed by atoms with E-state index in [0.29, 0.717) is 44.7 Å². The molecule has 2 aromatic rings. The molecular weight excluding hydrogens is 489 g/mol. The fourth-order valence-electron chi connectivity index (χ4n) is 4.38. The van der Waals surface area contributed by atoms with Gasteiger partial charge in [-0.2, -0.15) is 5.26 Å². The maximum atomic E-state index is 13.2. The van der Waals surface area contributed by atoms with Crippen LogP contribution in [0.1, 0.15) is 38.2 Å². The van der Waals surface area contributed by atoms with Gasteiger partial charge in [-0.3, -0.25) is 9.59 Å². The normalized spacial score (nSPS) is 19.3. The molecule has 1 aliphatic carbocycles. The van der Waals surface area contributed by atoms with Crippen molar-refractivity contribution in [2.45, 2.75) is 32.6 Å². The van der Waals surface area contributed by atoms with Crippen LogP contribution in [0.2, 0.25) is 10.0 Å². The average molecular weight is 512 g/mol. The highest BCUT2D eigenvalue weighted by Crippen LogP contribution is 2.47. The Kier molecular flexibility index (Phi) is 7.09. The minimum absolute atomic E-state index is 0.0363. The summed E-state index contributed by atoms with van der Waals surface area (Å²) in [5.74, 6) is -0.593. The molecular formula is C26H23Cl2N3O2S. The quantitative estimate of drug-likeness (QED) is 0.483. The zero-order valence-corrected chi connectivity index (χ0v) is 21.1. The summed E-state index contributed by atoms with van der Waals surface area (Å²) >= 11 is 13.3. The van der Waals surface area contributed by atoms with Crippen LogP contribution in [-0.2, 0) is 9.59 Å². The molecule has 1 amide bonds. The number of nitrogens with one attached hydrogen (secondary N) is 2. The molecule has 2 N–H and O–H groups in total. The van der Waals surface area contributed by atoms with Crippen molar-refractivity contribution in [2.75, 3.05) is 11.1 Å². The Morgan fingerprint density at radius 3 is 2.59 bits per heavy atom. The molecule has 0 fully saturated rings. The number of allylic oxidation sites excluding steroid dienone is 3. The van der Waals surface area contributed by atoms with Crippen LogP contribution in [0, 0.1) is 16.7 Å². The highest BCUT2D eigenvalue weighted by Gasteiger charge is 2.41. The van der Waals surface area contributed by atoms with E-state index >= 15 is 0 Å². The number of anilines is 1. The Bertz CT molecular complexity index is 1260. The number of carbonyl (C=O) groups excluding carboxylic acids is 2. The van der Waals surface area contributed by atoms with Gasteiger partial charge in [0, 0.05) is 33.4 Å². The number of hydrogen-bond acceptors (Lipinski definition) is 5. The first-order valence-corrected chi connectivity index (χ1v) is 12.5. The first kappa shape index (κ1) is 24.4. The molecule has 0 unspecified atom stereocenters. The Hall–Kier alpha value is -2.72. The second kappa shape index (κ2) is 9.87. The van der Waals surface area contributed by atoms with Crippen molar-refractivity contribution in [3.8, 4) is 6.07 Å². The number of thioether (sulfide) groups is 1. The van der Waals surface area contributed by atoms with Crippen LogP contribution in [-0.4, -0.2) is 17.4 Å². The average Bonchev–Trinajstić information content (AvgIpc) is 2.76. The lowest BCUT2D eigenvalue weighted by Crippen LogP contribution is -2.37. The molecule has 0 saturated carbocycles. The number of benzene rings is 2. The van der Waals surface area contributed by atoms with Crippen LogP contribution in [0.15, 0.2) is 70.4 Å². The number of dihydropyridines is 1. The van der Waals surface area contributed by atoms with Crippen LogP contribution < -0.4 is 10.6 Å². The first-order chi connectivity index (χ1) is 16.2. The third-order valence-corrected chi connectivity index (χ3v) is 7.29. The van der Waals surface area contributed by atoms with Crippen LogP contribution >= 0.6 is 35.0 Å². The van der Waals surface area contributed by atoms with Crippen molar-refractivity contribution < 1.29 is 9.59 Å². The monoisotopic (exact) mass is 511 g/mol. The van der Waals surface area contributed by atoms with Gasteiger partial charge in [-0.1, -0.05) is 67.0 Å². The number of rotatable bonds is 5. The number of amides is 1. The predicted octanol–water partition coefficient (Wildman–Crippen LogP) is 6.43. The van der Waals surface area contributed by atoms with Gasteiger partial charge in [0.1, 0.15) is 0 Å². The van der Waals surface area contributed by atoms with Gasteiger partial charge in [-0.25, -0.2) is 0 Å². The molecule has 2 aromatic carbocycles. The van der Waals surface area contributed by atoms with Crippen LogP contribution in [0.5, 0.6) is 0 Å². The van der Waals surface area contributed by atoms with Gasteiger partial charge in [-0.15, -0.1) is 0 Å². The summed E-state index contributed by atoms with van der Waals surface area (Å²) in [6.07, 6.45) is 1.09. The molecule has 174 valence electrons. The molecule has 4 rings (SSSR count). The minimum atomic E-state index is -0.499. The van der Waals surface area contributed by atoms with Crippen molar-refractivity contribution in [2.24, 2.45) is 5.41 Å². The van der Waals surface area contributed by atoms with E-state index in [0.717, 1.165) is 11.3 Å². The second-order valence-electron chi connectivity index (χ2n) is 9.14. The van der Waals surface area contributed by atoms with Gasteiger partial charge in [0.25, 0.3) is 0 Å². The van der Waals surface area contributed by atoms with Crippen LogP contribution in [0.4, 0.5) is 5.69 Å². The maximum Gasteiger partial charge on any atom is 0.234 e. The standard InChI is InChI=1S/C26H23Cl2N3O2S/c1-26(2)11-20-24(21(32)12-26)23(15-6-8-16(27)9-7-15)19(13-29)25(31-20)34-14-22(33)30-18-5-3-4-17(28)10-18/h3-10,23,31H,11-12,14H2,1-2H3,(H,30,33)/t23-/m0/s1. The Labute approximate surface area is 213 Å². The molecule has 1 atom stereocenters. The summed E-state index contributed by atoms with van der Waals surface area (Å²) in [5.41, 5.74) is 3.10. The van der Waals surface area contributed by atoms with Gasteiger partial charge in [0.2, 0.25) is 5.91 Å². The smallest absolute Gasteiger partial charge is 0.234 e. The summed E-state index contributed by atoms with van der Waals surface area (Å²) < 4.78 is 0. The number of hydrogen-bond donors (Lipinski definition) is 2. The van der Waals surface area contributed by atoms with E-state index in [1.54, 1.807) is 36.4 Å². The molecule has 0 bridgehead atoms. The summed E-state index contributed by atoms with van der Waals surface area (Å²) in [4.78, 5) is 25.8. The summed E-state index contributed by atoms with van der Waals surface area (Å²) in [7, 11) is 0. The maximum absolute atomic E-state index is 13.2.